The molecular weight excluding hydrogens is 670 g/mol. The minimum Gasteiger partial charge on any atom is -0.465 e. The van der Waals surface area contributed by atoms with Gasteiger partial charge in [-0.3, -0.25) is 24.0 Å². The van der Waals surface area contributed by atoms with Crippen molar-refractivity contribution in [2.24, 2.45) is 5.41 Å². The number of nitrogens with zero attached hydrogens (tertiary/aromatic N) is 1. The van der Waals surface area contributed by atoms with Crippen LogP contribution in [0.4, 0.5) is 4.79 Å². The maximum absolute atomic E-state index is 12.8. The zero-order valence-electron chi connectivity index (χ0n) is 31.5. The fourth-order valence-corrected chi connectivity index (χ4v) is 4.90. The molecule has 0 aliphatic carbocycles. The summed E-state index contributed by atoms with van der Waals surface area (Å²) in [7, 11) is 6.10. The van der Waals surface area contributed by atoms with Gasteiger partial charge in [-0.1, -0.05) is 37.1 Å². The predicted molar refractivity (Wildman–Crippen MR) is 194 cm³/mol. The summed E-state index contributed by atoms with van der Waals surface area (Å²) in [6.45, 7) is 5.88. The Morgan fingerprint density at radius 2 is 1.23 bits per heavy atom. The van der Waals surface area contributed by atoms with Crippen LogP contribution in [0.15, 0.2) is 48.5 Å². The van der Waals surface area contributed by atoms with E-state index in [2.05, 4.69) is 10.6 Å². The Hall–Kier alpha value is -4.78. The highest BCUT2D eigenvalue weighted by atomic mass is 16.7. The molecule has 286 valence electrons. The van der Waals surface area contributed by atoms with E-state index in [0.717, 1.165) is 35.0 Å². The summed E-state index contributed by atoms with van der Waals surface area (Å²) < 4.78 is 21.4. The first-order valence-electron chi connectivity index (χ1n) is 17.8. The molecule has 0 aliphatic heterocycles. The summed E-state index contributed by atoms with van der Waals surface area (Å²) >= 11 is 0. The third-order valence-corrected chi connectivity index (χ3v) is 8.00. The first-order valence-corrected chi connectivity index (χ1v) is 17.8. The van der Waals surface area contributed by atoms with Crippen molar-refractivity contribution in [3.63, 3.8) is 0 Å². The first kappa shape index (κ1) is 43.4. The summed E-state index contributed by atoms with van der Waals surface area (Å²) in [4.78, 5) is 73.2. The number of carbonyl (C=O) groups is 6. The minimum absolute atomic E-state index is 0.125. The van der Waals surface area contributed by atoms with Gasteiger partial charge in [0.1, 0.15) is 24.4 Å². The molecule has 1 unspecified atom stereocenters. The van der Waals surface area contributed by atoms with Crippen LogP contribution in [0, 0.1) is 5.41 Å². The summed E-state index contributed by atoms with van der Waals surface area (Å²) in [5.74, 6) is -1.50. The monoisotopic (exact) mass is 726 g/mol. The topological polar surface area (TPSA) is 163 Å². The van der Waals surface area contributed by atoms with Crippen LogP contribution in [-0.2, 0) is 46.3 Å². The quantitative estimate of drug-likeness (QED) is 0.0705. The molecule has 2 aromatic rings. The summed E-state index contributed by atoms with van der Waals surface area (Å²) in [5, 5.41) is 5.59. The van der Waals surface area contributed by atoms with Crippen molar-refractivity contribution in [2.45, 2.75) is 72.3 Å². The maximum atomic E-state index is 12.8. The summed E-state index contributed by atoms with van der Waals surface area (Å²) in [6.07, 6.45) is 3.31. The molecule has 0 heterocycles. The van der Waals surface area contributed by atoms with E-state index in [1.54, 1.807) is 24.3 Å². The number of nitrogens with one attached hydrogen (secondary N) is 2. The van der Waals surface area contributed by atoms with Gasteiger partial charge in [-0.15, -0.1) is 0 Å². The smallest absolute Gasteiger partial charge is 0.465 e. The van der Waals surface area contributed by atoms with Gasteiger partial charge in [0, 0.05) is 50.4 Å². The molecule has 0 aromatic heterocycles. The molecule has 0 saturated heterocycles. The van der Waals surface area contributed by atoms with Crippen LogP contribution in [-0.4, -0.2) is 101 Å². The average molecular weight is 727 g/mol. The van der Waals surface area contributed by atoms with Crippen molar-refractivity contribution in [3.8, 4) is 0 Å². The number of unbranched alkanes of at least 4 members (excludes halogenated alkanes) is 3. The second-order valence-electron chi connectivity index (χ2n) is 14.0. The number of benzene rings is 2. The molecule has 13 heteroatoms. The Kier molecular flexibility index (Phi) is 18.5. The number of hydrogen-bond acceptors (Lipinski definition) is 10. The SMILES string of the molecule is CCNC(=O)c1ccc(C(=O)NCc2ccc(CC(=O)CCCCCCOC(=O)OCC(C)(COC(C)=O)C(=O)OCCC[N+](C)(C)C)cc2)cc1. The van der Waals surface area contributed by atoms with Gasteiger partial charge >= 0.3 is 18.1 Å². The van der Waals surface area contributed by atoms with Gasteiger partial charge in [0.15, 0.2) is 0 Å². The fourth-order valence-electron chi connectivity index (χ4n) is 4.90. The zero-order valence-corrected chi connectivity index (χ0v) is 31.5. The molecule has 2 rings (SSSR count). The number of amides is 2. The van der Waals surface area contributed by atoms with Crippen molar-refractivity contribution in [2.75, 3.05) is 60.7 Å². The lowest BCUT2D eigenvalue weighted by Crippen LogP contribution is -2.41. The van der Waals surface area contributed by atoms with Gasteiger partial charge in [0.2, 0.25) is 0 Å². The Morgan fingerprint density at radius 1 is 0.673 bits per heavy atom. The third kappa shape index (κ3) is 17.4. The molecule has 0 fully saturated rings. The molecular formula is C39H56N3O10+. The van der Waals surface area contributed by atoms with Crippen molar-refractivity contribution in [3.05, 3.63) is 70.8 Å². The lowest BCUT2D eigenvalue weighted by molar-refractivity contribution is -0.870. The number of esters is 2. The maximum Gasteiger partial charge on any atom is 0.508 e. The highest BCUT2D eigenvalue weighted by Gasteiger charge is 2.38. The lowest BCUT2D eigenvalue weighted by Gasteiger charge is -2.27. The molecule has 0 spiro atoms. The zero-order chi connectivity index (χ0) is 38.6. The van der Waals surface area contributed by atoms with Gasteiger partial charge in [-0.2, -0.15) is 0 Å². The molecule has 2 amide bonds. The standard InChI is InChI=1S/C39H55N3O10/c1-7-40-35(45)32-18-20-33(21-19-32)36(46)41-26-31-16-14-30(15-17-31)25-34(44)13-10-8-9-11-23-50-38(48)52-28-39(3,27-51-29(2)43)37(47)49-24-12-22-42(4,5)6/h14-21H,7-13,22-28H2,1-6H3,(H-,40,41,45,46)/p+1. The fraction of sp³-hybridized carbons (Fsp3) is 0.538. The molecule has 0 saturated carbocycles. The minimum atomic E-state index is -1.38. The number of ketones is 1. The van der Waals surface area contributed by atoms with Crippen LogP contribution in [0.25, 0.3) is 0 Å². The van der Waals surface area contributed by atoms with Gasteiger partial charge in [0.05, 0.1) is 40.9 Å². The van der Waals surface area contributed by atoms with E-state index in [4.69, 9.17) is 18.9 Å². The number of carbonyl (C=O) groups excluding carboxylic acids is 6. The number of Topliss-reactive ketones (excluding diaryl/α,β-unsaturated/α-hetero) is 1. The molecule has 2 aromatic carbocycles. The number of ether oxygens (including phenoxy) is 4. The van der Waals surface area contributed by atoms with Crippen LogP contribution in [0.5, 0.6) is 0 Å². The van der Waals surface area contributed by atoms with Gasteiger partial charge < -0.3 is 34.1 Å². The van der Waals surface area contributed by atoms with E-state index in [-0.39, 0.29) is 44.0 Å². The lowest BCUT2D eigenvalue weighted by atomic mass is 9.93. The van der Waals surface area contributed by atoms with Gasteiger partial charge in [-0.05, 0) is 62.1 Å². The first-order chi connectivity index (χ1) is 24.6. The Morgan fingerprint density at radius 3 is 1.83 bits per heavy atom. The number of rotatable bonds is 23. The number of quaternary nitrogens is 1. The highest BCUT2D eigenvalue weighted by Crippen LogP contribution is 2.21. The van der Waals surface area contributed by atoms with Gasteiger partial charge in [0.25, 0.3) is 11.8 Å². The predicted octanol–water partition coefficient (Wildman–Crippen LogP) is 4.79. The van der Waals surface area contributed by atoms with E-state index in [0.29, 0.717) is 56.3 Å². The molecule has 2 N–H and O–H groups in total. The summed E-state index contributed by atoms with van der Waals surface area (Å²) in [5.41, 5.74) is 1.37. The second-order valence-corrected chi connectivity index (χ2v) is 14.0. The second kappa shape index (κ2) is 22.2. The third-order valence-electron chi connectivity index (χ3n) is 8.00. The molecule has 0 radical (unpaired) electrons. The normalized spacial score (nSPS) is 12.2. The van der Waals surface area contributed by atoms with Crippen LogP contribution in [0.3, 0.4) is 0 Å². The van der Waals surface area contributed by atoms with Crippen molar-refractivity contribution in [1.82, 2.24) is 10.6 Å². The van der Waals surface area contributed by atoms with E-state index < -0.39 is 23.5 Å². The van der Waals surface area contributed by atoms with Crippen LogP contribution >= 0.6 is 0 Å². The molecule has 1 atom stereocenters. The van der Waals surface area contributed by atoms with Crippen LogP contribution in [0.2, 0.25) is 0 Å². The van der Waals surface area contributed by atoms with Gasteiger partial charge in [-0.25, -0.2) is 4.79 Å². The largest absolute Gasteiger partial charge is 0.508 e. The highest BCUT2D eigenvalue weighted by molar-refractivity contribution is 5.97. The van der Waals surface area contributed by atoms with Crippen LogP contribution < -0.4 is 10.6 Å². The van der Waals surface area contributed by atoms with E-state index >= 15 is 0 Å². The average Bonchev–Trinajstić information content (AvgIpc) is 3.10. The molecule has 0 bridgehead atoms. The Balaban J connectivity index is 1.62. The molecule has 13 nitrogen and oxygen atoms in total. The van der Waals surface area contributed by atoms with Crippen molar-refractivity contribution in [1.29, 1.82) is 0 Å². The van der Waals surface area contributed by atoms with Crippen molar-refractivity contribution >= 4 is 35.7 Å². The van der Waals surface area contributed by atoms with E-state index in [1.807, 2.05) is 52.3 Å². The summed E-state index contributed by atoms with van der Waals surface area (Å²) in [6, 6.07) is 14.0. The molecule has 52 heavy (non-hydrogen) atoms. The van der Waals surface area contributed by atoms with Crippen LogP contribution in [0.1, 0.15) is 91.1 Å². The number of hydrogen-bond donors (Lipinski definition) is 2. The van der Waals surface area contributed by atoms with E-state index in [9.17, 15) is 28.8 Å². The van der Waals surface area contributed by atoms with Crippen molar-refractivity contribution < 1.29 is 52.2 Å². The Labute approximate surface area is 307 Å². The van der Waals surface area contributed by atoms with E-state index in [1.165, 1.54) is 13.8 Å². The molecule has 0 aliphatic rings. The Bertz CT molecular complexity index is 1470.